The van der Waals surface area contributed by atoms with Crippen molar-refractivity contribution in [3.63, 3.8) is 0 Å². The number of rotatable bonds is 4. The molecule has 1 saturated carbocycles. The van der Waals surface area contributed by atoms with Gasteiger partial charge in [-0.05, 0) is 31.9 Å². The number of nitrogens with zero attached hydrogens (tertiary/aromatic N) is 3. The van der Waals surface area contributed by atoms with Crippen LogP contribution in [0.4, 0.5) is 6.01 Å². The number of aromatic nitrogens is 3. The van der Waals surface area contributed by atoms with Gasteiger partial charge in [-0.15, -0.1) is 0 Å². The van der Waals surface area contributed by atoms with Gasteiger partial charge in [0.15, 0.2) is 11.4 Å². The Kier molecular flexibility index (Phi) is 3.49. The van der Waals surface area contributed by atoms with Crippen molar-refractivity contribution < 1.29 is 14.0 Å². The van der Waals surface area contributed by atoms with Crippen LogP contribution in [0.1, 0.15) is 30.5 Å². The fourth-order valence-corrected chi connectivity index (χ4v) is 3.17. The lowest BCUT2D eigenvalue weighted by Crippen LogP contribution is -2.21. The van der Waals surface area contributed by atoms with Crippen molar-refractivity contribution >= 4 is 17.1 Å². The zero-order chi connectivity index (χ0) is 15.8. The van der Waals surface area contributed by atoms with Crippen molar-refractivity contribution in [2.45, 2.75) is 31.8 Å². The molecule has 2 heterocycles. The van der Waals surface area contributed by atoms with Gasteiger partial charge in [0, 0.05) is 18.4 Å². The highest BCUT2D eigenvalue weighted by molar-refractivity contribution is 5.74. The minimum atomic E-state index is -0.399. The van der Waals surface area contributed by atoms with Crippen LogP contribution in [-0.2, 0) is 0 Å². The predicted molar refractivity (Wildman–Crippen MR) is 83.0 cm³/mol. The third-order valence-corrected chi connectivity index (χ3v) is 4.36. The normalized spacial score (nSPS) is 24.3. The zero-order valence-electron chi connectivity index (χ0n) is 12.8. The molecule has 0 radical (unpaired) electrons. The van der Waals surface area contributed by atoms with Crippen LogP contribution in [0.15, 0.2) is 33.2 Å². The number of oxazole rings is 1. The fourth-order valence-electron chi connectivity index (χ4n) is 3.17. The first-order valence-electron chi connectivity index (χ1n) is 7.77. The van der Waals surface area contributed by atoms with Crippen LogP contribution < -0.4 is 5.32 Å². The number of aryl methyl sites for hydroxylation is 1. The number of fused-ring (bicyclic) bond motifs is 1. The van der Waals surface area contributed by atoms with Crippen molar-refractivity contribution in [2.24, 2.45) is 5.92 Å². The molecular weight excluding hydrogens is 296 g/mol. The van der Waals surface area contributed by atoms with Crippen LogP contribution in [0, 0.1) is 12.8 Å². The summed E-state index contributed by atoms with van der Waals surface area (Å²) in [7, 11) is 0. The van der Waals surface area contributed by atoms with E-state index in [1.54, 1.807) is 6.92 Å². The third kappa shape index (κ3) is 2.79. The SMILES string of the molecule is Cc1noc([C@H]2C[C@H](CNc3nc4ccccc4o3)[C@H](O)C2)n1. The lowest BCUT2D eigenvalue weighted by atomic mass is 10.0. The minimum absolute atomic E-state index is 0.0993. The smallest absolute Gasteiger partial charge is 0.295 e. The molecule has 0 saturated heterocycles. The predicted octanol–water partition coefficient (Wildman–Crippen LogP) is 2.49. The Morgan fingerprint density at radius 3 is 2.91 bits per heavy atom. The summed E-state index contributed by atoms with van der Waals surface area (Å²) in [5.74, 6) is 1.46. The summed E-state index contributed by atoms with van der Waals surface area (Å²) in [5, 5.41) is 17.3. The van der Waals surface area contributed by atoms with E-state index in [0.717, 1.165) is 17.5 Å². The Morgan fingerprint density at radius 2 is 2.13 bits per heavy atom. The summed E-state index contributed by atoms with van der Waals surface area (Å²) < 4.78 is 10.9. The molecule has 0 spiro atoms. The van der Waals surface area contributed by atoms with E-state index in [9.17, 15) is 5.11 Å². The standard InChI is InChI=1S/C16H18N4O3/c1-9-18-15(23-20-9)10-6-11(13(21)7-10)8-17-16-19-12-4-2-3-5-14(12)22-16/h2-5,10-11,13,21H,6-8H2,1H3,(H,17,19)/t10-,11+,13+/m0/s1. The fraction of sp³-hybridized carbons (Fsp3) is 0.438. The molecule has 1 fully saturated rings. The maximum atomic E-state index is 10.3. The number of aliphatic hydroxyl groups is 1. The Balaban J connectivity index is 1.40. The second-order valence-electron chi connectivity index (χ2n) is 6.04. The molecule has 0 aliphatic heterocycles. The van der Waals surface area contributed by atoms with Gasteiger partial charge in [-0.25, -0.2) is 0 Å². The number of benzene rings is 1. The molecule has 3 aromatic rings. The van der Waals surface area contributed by atoms with E-state index in [-0.39, 0.29) is 11.8 Å². The highest BCUT2D eigenvalue weighted by Crippen LogP contribution is 2.38. The Labute approximate surface area is 132 Å². The molecule has 1 aliphatic carbocycles. The molecule has 120 valence electrons. The van der Waals surface area contributed by atoms with Gasteiger partial charge in [0.1, 0.15) is 5.52 Å². The molecule has 2 aromatic heterocycles. The number of hydrogen-bond donors (Lipinski definition) is 2. The van der Waals surface area contributed by atoms with Crippen LogP contribution >= 0.6 is 0 Å². The van der Waals surface area contributed by atoms with Crippen LogP contribution in [0.2, 0.25) is 0 Å². The second kappa shape index (κ2) is 5.66. The number of aliphatic hydroxyl groups excluding tert-OH is 1. The first-order valence-corrected chi connectivity index (χ1v) is 7.77. The Hall–Kier alpha value is -2.41. The maximum absolute atomic E-state index is 10.3. The first kappa shape index (κ1) is 14.2. The van der Waals surface area contributed by atoms with Crippen molar-refractivity contribution in [3.8, 4) is 0 Å². The molecule has 3 atom stereocenters. The van der Waals surface area contributed by atoms with E-state index in [2.05, 4.69) is 20.4 Å². The van der Waals surface area contributed by atoms with E-state index in [0.29, 0.717) is 30.7 Å². The van der Waals surface area contributed by atoms with E-state index in [4.69, 9.17) is 8.94 Å². The van der Waals surface area contributed by atoms with Gasteiger partial charge in [0.05, 0.1) is 6.10 Å². The monoisotopic (exact) mass is 314 g/mol. The average Bonchev–Trinajstić information content (AvgIpc) is 3.23. The van der Waals surface area contributed by atoms with E-state index >= 15 is 0 Å². The van der Waals surface area contributed by atoms with Gasteiger partial charge >= 0.3 is 0 Å². The molecule has 7 nitrogen and oxygen atoms in total. The van der Waals surface area contributed by atoms with Crippen molar-refractivity contribution in [1.29, 1.82) is 0 Å². The second-order valence-corrected chi connectivity index (χ2v) is 6.04. The number of anilines is 1. The van der Waals surface area contributed by atoms with E-state index in [1.807, 2.05) is 24.3 Å². The van der Waals surface area contributed by atoms with Gasteiger partial charge in [-0.2, -0.15) is 9.97 Å². The Morgan fingerprint density at radius 1 is 1.26 bits per heavy atom. The van der Waals surface area contributed by atoms with Crippen LogP contribution in [0.5, 0.6) is 0 Å². The summed E-state index contributed by atoms with van der Waals surface area (Å²) in [6.07, 6.45) is 1.04. The molecular formula is C16H18N4O3. The van der Waals surface area contributed by atoms with Crippen LogP contribution in [0.3, 0.4) is 0 Å². The van der Waals surface area contributed by atoms with Crippen molar-refractivity contribution in [1.82, 2.24) is 15.1 Å². The number of para-hydroxylation sites is 2. The molecule has 1 aromatic carbocycles. The zero-order valence-corrected chi connectivity index (χ0v) is 12.8. The molecule has 2 N–H and O–H groups in total. The maximum Gasteiger partial charge on any atom is 0.295 e. The highest BCUT2D eigenvalue weighted by Gasteiger charge is 2.36. The van der Waals surface area contributed by atoms with Crippen molar-refractivity contribution in [3.05, 3.63) is 36.0 Å². The third-order valence-electron chi connectivity index (χ3n) is 4.36. The molecule has 0 amide bonds. The van der Waals surface area contributed by atoms with Crippen LogP contribution in [-0.4, -0.2) is 32.9 Å². The summed E-state index contributed by atoms with van der Waals surface area (Å²) in [6.45, 7) is 2.39. The topological polar surface area (TPSA) is 97.2 Å². The van der Waals surface area contributed by atoms with Gasteiger partial charge in [-0.1, -0.05) is 17.3 Å². The van der Waals surface area contributed by atoms with E-state index < -0.39 is 6.10 Å². The van der Waals surface area contributed by atoms with Gasteiger partial charge in [-0.3, -0.25) is 0 Å². The molecule has 0 unspecified atom stereocenters. The summed E-state index contributed by atoms with van der Waals surface area (Å²) in [5.41, 5.74) is 1.57. The average molecular weight is 314 g/mol. The molecule has 4 rings (SSSR count). The van der Waals surface area contributed by atoms with E-state index in [1.165, 1.54) is 0 Å². The quantitative estimate of drug-likeness (QED) is 0.763. The van der Waals surface area contributed by atoms with Gasteiger partial charge in [0.2, 0.25) is 5.89 Å². The number of hydrogen-bond acceptors (Lipinski definition) is 7. The van der Waals surface area contributed by atoms with Gasteiger partial charge in [0.25, 0.3) is 6.01 Å². The highest BCUT2D eigenvalue weighted by atomic mass is 16.5. The first-order chi connectivity index (χ1) is 11.2. The van der Waals surface area contributed by atoms with Crippen molar-refractivity contribution in [2.75, 3.05) is 11.9 Å². The summed E-state index contributed by atoms with van der Waals surface area (Å²) >= 11 is 0. The lowest BCUT2D eigenvalue weighted by Gasteiger charge is -2.13. The minimum Gasteiger partial charge on any atom is -0.424 e. The molecule has 1 aliphatic rings. The number of nitrogens with one attached hydrogen (secondary N) is 1. The summed E-state index contributed by atoms with van der Waals surface area (Å²) in [4.78, 5) is 8.65. The molecule has 7 heteroatoms. The molecule has 0 bridgehead atoms. The molecule has 23 heavy (non-hydrogen) atoms. The summed E-state index contributed by atoms with van der Waals surface area (Å²) in [6, 6.07) is 8.10. The van der Waals surface area contributed by atoms with Gasteiger partial charge < -0.3 is 19.4 Å². The Bertz CT molecular complexity index is 779. The van der Waals surface area contributed by atoms with Crippen LogP contribution in [0.25, 0.3) is 11.1 Å². The largest absolute Gasteiger partial charge is 0.424 e. The lowest BCUT2D eigenvalue weighted by molar-refractivity contribution is 0.137.